The minimum Gasteiger partial charge on any atom is -0.497 e. The van der Waals surface area contributed by atoms with Gasteiger partial charge in [-0.05, 0) is 36.0 Å². The van der Waals surface area contributed by atoms with Gasteiger partial charge in [-0.3, -0.25) is 5.10 Å². The Kier molecular flexibility index (Phi) is 6.40. The topological polar surface area (TPSA) is 107 Å². The lowest BCUT2D eigenvalue weighted by Crippen LogP contribution is -1.98. The molecule has 0 unspecified atom stereocenters. The smallest absolute Gasteiger partial charge is 0.342 e. The second-order valence-electron chi connectivity index (χ2n) is 5.73. The lowest BCUT2D eigenvalue weighted by atomic mass is 10.2. The minimum atomic E-state index is -1.09. The van der Waals surface area contributed by atoms with Crippen molar-refractivity contribution >= 4 is 23.8 Å². The molecule has 0 aliphatic carbocycles. The summed E-state index contributed by atoms with van der Waals surface area (Å²) in [4.78, 5) is 16.2. The molecular formula is C20H19N3O5S. The Hall–Kier alpha value is -3.46. The average Bonchev–Trinajstić information content (AvgIpc) is 3.21. The molecule has 150 valence electrons. The summed E-state index contributed by atoms with van der Waals surface area (Å²) in [5.41, 5.74) is 1.35. The number of ether oxygens (including phenoxy) is 3. The molecule has 2 N–H and O–H groups in total. The van der Waals surface area contributed by atoms with Crippen LogP contribution in [0, 0.1) is 0 Å². The number of carboxylic acid groups (broad SMARTS) is 1. The predicted octanol–water partition coefficient (Wildman–Crippen LogP) is 3.72. The van der Waals surface area contributed by atoms with Crippen molar-refractivity contribution in [3.8, 4) is 28.6 Å². The number of hydrogen-bond donors (Lipinski definition) is 2. The molecule has 1 aromatic heterocycles. The van der Waals surface area contributed by atoms with E-state index in [2.05, 4.69) is 15.2 Å². The van der Waals surface area contributed by atoms with E-state index in [1.165, 1.54) is 13.2 Å². The standard InChI is InChI=1S/C20H19N3O5S/c1-26-14-8-13(9-15(11-14)27-2)18-21-20(23-22-18)29-17(19(24)25)10-12-6-4-5-7-16(12)28-3/h4-11H,1-3H3,(H,24,25)(H,21,22,23)/b17-10+. The number of aliphatic carboxylic acids is 1. The number of H-pyrrole nitrogens is 1. The van der Waals surface area contributed by atoms with E-state index in [0.717, 1.165) is 11.8 Å². The molecule has 0 saturated heterocycles. The molecule has 0 aliphatic rings. The van der Waals surface area contributed by atoms with Crippen molar-refractivity contribution < 1.29 is 24.1 Å². The van der Waals surface area contributed by atoms with Crippen LogP contribution in [0.4, 0.5) is 0 Å². The number of aromatic nitrogens is 3. The predicted molar refractivity (Wildman–Crippen MR) is 109 cm³/mol. The summed E-state index contributed by atoms with van der Waals surface area (Å²) in [7, 11) is 4.65. The first kappa shape index (κ1) is 20.3. The van der Waals surface area contributed by atoms with Gasteiger partial charge in [0.1, 0.15) is 22.2 Å². The number of methoxy groups -OCH3 is 3. The van der Waals surface area contributed by atoms with Crippen LogP contribution in [0.3, 0.4) is 0 Å². The van der Waals surface area contributed by atoms with Crippen molar-refractivity contribution in [1.82, 2.24) is 15.2 Å². The third-order valence-electron chi connectivity index (χ3n) is 3.93. The van der Waals surface area contributed by atoms with Crippen LogP contribution in [0.2, 0.25) is 0 Å². The van der Waals surface area contributed by atoms with Crippen LogP contribution in [-0.2, 0) is 4.79 Å². The Balaban J connectivity index is 1.90. The number of carboxylic acids is 1. The Morgan fingerprint density at radius 3 is 2.38 bits per heavy atom. The van der Waals surface area contributed by atoms with Crippen LogP contribution >= 0.6 is 11.8 Å². The average molecular weight is 413 g/mol. The highest BCUT2D eigenvalue weighted by Crippen LogP contribution is 2.32. The summed E-state index contributed by atoms with van der Waals surface area (Å²) in [5, 5.41) is 16.8. The zero-order chi connectivity index (χ0) is 20.8. The molecule has 9 heteroatoms. The van der Waals surface area contributed by atoms with Crippen molar-refractivity contribution in [3.05, 3.63) is 52.9 Å². The van der Waals surface area contributed by atoms with Gasteiger partial charge in [0.05, 0.1) is 21.3 Å². The first-order valence-electron chi connectivity index (χ1n) is 8.45. The zero-order valence-electron chi connectivity index (χ0n) is 16.0. The van der Waals surface area contributed by atoms with E-state index in [1.807, 2.05) is 6.07 Å². The highest BCUT2D eigenvalue weighted by molar-refractivity contribution is 8.04. The molecule has 2 aromatic carbocycles. The van der Waals surface area contributed by atoms with Gasteiger partial charge >= 0.3 is 5.97 Å². The second kappa shape index (κ2) is 9.16. The number of thioether (sulfide) groups is 1. The molecule has 0 amide bonds. The molecule has 0 atom stereocenters. The summed E-state index contributed by atoms with van der Waals surface area (Å²) >= 11 is 0.936. The van der Waals surface area contributed by atoms with Gasteiger partial charge in [-0.15, -0.1) is 5.10 Å². The van der Waals surface area contributed by atoms with E-state index in [1.54, 1.807) is 50.6 Å². The largest absolute Gasteiger partial charge is 0.497 e. The van der Waals surface area contributed by atoms with Crippen molar-refractivity contribution in [2.75, 3.05) is 21.3 Å². The molecule has 0 radical (unpaired) electrons. The SMILES string of the molecule is COc1cc(OC)cc(-c2nc(S/C(=C/c3ccccc3OC)C(=O)O)n[nH]2)c1. The third kappa shape index (κ3) is 4.88. The number of nitrogens with one attached hydrogen (secondary N) is 1. The Morgan fingerprint density at radius 2 is 1.76 bits per heavy atom. The number of para-hydroxylation sites is 1. The lowest BCUT2D eigenvalue weighted by Gasteiger charge is -2.06. The van der Waals surface area contributed by atoms with E-state index in [4.69, 9.17) is 14.2 Å². The van der Waals surface area contributed by atoms with Gasteiger partial charge in [-0.25, -0.2) is 9.78 Å². The highest BCUT2D eigenvalue weighted by atomic mass is 32.2. The molecule has 0 fully saturated rings. The van der Waals surface area contributed by atoms with E-state index in [9.17, 15) is 9.90 Å². The number of benzene rings is 2. The fraction of sp³-hybridized carbons (Fsp3) is 0.150. The van der Waals surface area contributed by atoms with Crippen LogP contribution in [0.1, 0.15) is 5.56 Å². The first-order valence-corrected chi connectivity index (χ1v) is 9.27. The van der Waals surface area contributed by atoms with E-state index in [-0.39, 0.29) is 10.1 Å². The number of rotatable bonds is 8. The molecule has 8 nitrogen and oxygen atoms in total. The Morgan fingerprint density at radius 1 is 1.07 bits per heavy atom. The van der Waals surface area contributed by atoms with E-state index < -0.39 is 5.97 Å². The fourth-order valence-corrected chi connectivity index (χ4v) is 3.22. The Bertz CT molecular complexity index is 1030. The van der Waals surface area contributed by atoms with Gasteiger partial charge in [0.2, 0.25) is 5.16 Å². The van der Waals surface area contributed by atoms with Crippen LogP contribution in [0.15, 0.2) is 52.5 Å². The van der Waals surface area contributed by atoms with Gasteiger partial charge in [0.25, 0.3) is 0 Å². The van der Waals surface area contributed by atoms with Crippen molar-refractivity contribution in [2.45, 2.75) is 5.16 Å². The van der Waals surface area contributed by atoms with Crippen molar-refractivity contribution in [1.29, 1.82) is 0 Å². The van der Waals surface area contributed by atoms with Crippen molar-refractivity contribution in [3.63, 3.8) is 0 Å². The quantitative estimate of drug-likeness (QED) is 0.425. The van der Waals surface area contributed by atoms with Crippen LogP contribution in [0.25, 0.3) is 17.5 Å². The number of aromatic amines is 1. The number of carbonyl (C=O) groups is 1. The molecule has 0 saturated carbocycles. The summed E-state index contributed by atoms with van der Waals surface area (Å²) in [5.74, 6) is 1.16. The Labute approximate surface area is 171 Å². The molecule has 3 aromatic rings. The second-order valence-corrected chi connectivity index (χ2v) is 6.73. The van der Waals surface area contributed by atoms with Crippen LogP contribution < -0.4 is 14.2 Å². The first-order chi connectivity index (χ1) is 14.0. The van der Waals surface area contributed by atoms with Gasteiger partial charge in [-0.2, -0.15) is 0 Å². The van der Waals surface area contributed by atoms with Gasteiger partial charge in [-0.1, -0.05) is 18.2 Å². The van der Waals surface area contributed by atoms with E-state index >= 15 is 0 Å². The summed E-state index contributed by atoms with van der Waals surface area (Å²) < 4.78 is 15.8. The van der Waals surface area contributed by atoms with Gasteiger partial charge < -0.3 is 19.3 Å². The molecule has 0 spiro atoms. The van der Waals surface area contributed by atoms with Gasteiger partial charge in [0, 0.05) is 17.2 Å². The molecule has 3 rings (SSSR count). The number of nitrogens with zero attached hydrogens (tertiary/aromatic N) is 2. The van der Waals surface area contributed by atoms with E-state index in [0.29, 0.717) is 34.2 Å². The maximum Gasteiger partial charge on any atom is 0.342 e. The summed E-state index contributed by atoms with van der Waals surface area (Å²) in [6.07, 6.45) is 1.52. The monoisotopic (exact) mass is 413 g/mol. The fourth-order valence-electron chi connectivity index (χ4n) is 2.53. The zero-order valence-corrected chi connectivity index (χ0v) is 16.8. The van der Waals surface area contributed by atoms with Crippen LogP contribution in [-0.4, -0.2) is 47.6 Å². The minimum absolute atomic E-state index is 0.0586. The molecular weight excluding hydrogens is 394 g/mol. The molecule has 29 heavy (non-hydrogen) atoms. The third-order valence-corrected chi connectivity index (χ3v) is 4.80. The summed E-state index contributed by atoms with van der Waals surface area (Å²) in [6.45, 7) is 0. The maximum atomic E-state index is 11.7. The van der Waals surface area contributed by atoms with Crippen molar-refractivity contribution in [2.24, 2.45) is 0 Å². The summed E-state index contributed by atoms with van der Waals surface area (Å²) in [6, 6.07) is 12.5. The molecule has 1 heterocycles. The normalized spacial score (nSPS) is 11.2. The van der Waals surface area contributed by atoms with Gasteiger partial charge in [0.15, 0.2) is 5.82 Å². The van der Waals surface area contributed by atoms with Crippen LogP contribution in [0.5, 0.6) is 17.2 Å². The molecule has 0 bridgehead atoms. The maximum absolute atomic E-state index is 11.7. The lowest BCUT2D eigenvalue weighted by molar-refractivity contribution is -0.131. The molecule has 0 aliphatic heterocycles. The number of hydrogen-bond acceptors (Lipinski definition) is 7. The highest BCUT2D eigenvalue weighted by Gasteiger charge is 2.16.